The van der Waals surface area contributed by atoms with Crippen LogP contribution < -0.4 is 5.43 Å². The Morgan fingerprint density at radius 3 is 2.61 bits per heavy atom. The normalized spacial score (nSPS) is 23.6. The summed E-state index contributed by atoms with van der Waals surface area (Å²) in [6.07, 6.45) is -1.47. The Kier molecular flexibility index (Phi) is 4.33. The minimum Gasteiger partial charge on any atom is -0.388 e. The monoisotopic (exact) mass is 346 g/mol. The summed E-state index contributed by atoms with van der Waals surface area (Å²) in [7, 11) is 0. The van der Waals surface area contributed by atoms with Crippen LogP contribution in [-0.2, 0) is 0 Å². The van der Waals surface area contributed by atoms with Crippen molar-refractivity contribution in [3.8, 4) is 0 Å². The topological polar surface area (TPSA) is 35.5 Å². The molecular weight excluding hydrogens is 329 g/mol. The van der Waals surface area contributed by atoms with Crippen molar-refractivity contribution in [3.05, 3.63) is 46.6 Å². The van der Waals surface area contributed by atoms with Crippen molar-refractivity contribution in [2.24, 2.45) is 0 Å². The molecule has 1 fully saturated rings. The fraction of sp³-hybridized carbons (Fsp3) is 0.500. The first-order valence-electron chi connectivity index (χ1n) is 7.55. The molecule has 3 rings (SSSR count). The number of benzene rings is 1. The zero-order valence-corrected chi connectivity index (χ0v) is 13.2. The Morgan fingerprint density at radius 2 is 2.00 bits per heavy atom. The van der Waals surface area contributed by atoms with E-state index in [1.807, 2.05) is 0 Å². The predicted molar refractivity (Wildman–Crippen MR) is 81.8 cm³/mol. The van der Waals surface area contributed by atoms with E-state index in [0.717, 1.165) is 5.01 Å². The molecule has 2 aliphatic rings. The molecule has 0 radical (unpaired) electrons. The fourth-order valence-electron chi connectivity index (χ4n) is 2.75. The van der Waals surface area contributed by atoms with Gasteiger partial charge in [0, 0.05) is 24.0 Å². The van der Waals surface area contributed by atoms with Gasteiger partial charge < -0.3 is 10.1 Å². The molecular formula is C16H18ClF3N2O. The first kappa shape index (κ1) is 16.6. The summed E-state index contributed by atoms with van der Waals surface area (Å²) in [5.41, 5.74) is 1.86. The second-order valence-electron chi connectivity index (χ2n) is 6.18. The van der Waals surface area contributed by atoms with Crippen molar-refractivity contribution in [1.82, 2.24) is 10.4 Å². The van der Waals surface area contributed by atoms with E-state index in [4.69, 9.17) is 11.6 Å². The van der Waals surface area contributed by atoms with Gasteiger partial charge >= 0.3 is 6.18 Å². The van der Waals surface area contributed by atoms with Crippen molar-refractivity contribution in [3.63, 3.8) is 0 Å². The third kappa shape index (κ3) is 3.82. The first-order chi connectivity index (χ1) is 10.8. The highest BCUT2D eigenvalue weighted by Gasteiger charge is 2.44. The van der Waals surface area contributed by atoms with E-state index in [-0.39, 0.29) is 19.0 Å². The van der Waals surface area contributed by atoms with Gasteiger partial charge in [-0.2, -0.15) is 13.2 Å². The number of nitrogens with zero attached hydrogens (tertiary/aromatic N) is 1. The zero-order valence-electron chi connectivity index (χ0n) is 12.4. The highest BCUT2D eigenvalue weighted by molar-refractivity contribution is 6.31. The van der Waals surface area contributed by atoms with Gasteiger partial charge in [-0.25, -0.2) is 5.43 Å². The quantitative estimate of drug-likeness (QED) is 0.874. The molecule has 1 atom stereocenters. The average Bonchev–Trinajstić information content (AvgIpc) is 3.23. The highest BCUT2D eigenvalue weighted by Crippen LogP contribution is 2.39. The van der Waals surface area contributed by atoms with Crippen LogP contribution in [0.5, 0.6) is 0 Å². The molecule has 1 aliphatic carbocycles. The summed E-state index contributed by atoms with van der Waals surface area (Å²) < 4.78 is 40.1. The number of hydrogen-bond acceptors (Lipinski definition) is 3. The van der Waals surface area contributed by atoms with Gasteiger partial charge in [0.1, 0.15) is 5.70 Å². The average molecular weight is 347 g/mol. The molecule has 2 N–H and O–H groups in total. The van der Waals surface area contributed by atoms with Gasteiger partial charge in [0.2, 0.25) is 0 Å². The number of alkyl halides is 3. The van der Waals surface area contributed by atoms with Crippen molar-refractivity contribution in [2.45, 2.75) is 37.0 Å². The number of hydrazine groups is 1. The van der Waals surface area contributed by atoms with Crippen LogP contribution in [0.25, 0.3) is 0 Å². The summed E-state index contributed by atoms with van der Waals surface area (Å²) in [6, 6.07) is 6.97. The van der Waals surface area contributed by atoms with E-state index in [1.165, 1.54) is 6.08 Å². The standard InChI is InChI=1S/C16H18ClF3N2O/c17-13-4-2-1-3-12(13)11-5-8-22(14(9-11)16(18,19)20)21-10-15(23)6-7-15/h1-4,9,11,21,23H,5-8,10H2. The Morgan fingerprint density at radius 1 is 1.30 bits per heavy atom. The summed E-state index contributed by atoms with van der Waals surface area (Å²) >= 11 is 6.11. The maximum Gasteiger partial charge on any atom is 0.432 e. The molecule has 1 unspecified atom stereocenters. The van der Waals surface area contributed by atoms with Gasteiger partial charge in [-0.1, -0.05) is 29.8 Å². The van der Waals surface area contributed by atoms with Crippen molar-refractivity contribution < 1.29 is 18.3 Å². The molecule has 1 saturated carbocycles. The lowest BCUT2D eigenvalue weighted by Gasteiger charge is -2.35. The van der Waals surface area contributed by atoms with E-state index >= 15 is 0 Å². The second kappa shape index (κ2) is 6.00. The largest absolute Gasteiger partial charge is 0.432 e. The van der Waals surface area contributed by atoms with Gasteiger partial charge in [-0.3, -0.25) is 0 Å². The first-order valence-corrected chi connectivity index (χ1v) is 7.93. The number of rotatable bonds is 4. The lowest BCUT2D eigenvalue weighted by Crippen LogP contribution is -2.48. The Labute approximate surface area is 137 Å². The molecule has 1 aromatic rings. The number of hydrogen-bond donors (Lipinski definition) is 2. The molecule has 126 valence electrons. The van der Waals surface area contributed by atoms with Crippen LogP contribution in [0.1, 0.15) is 30.7 Å². The number of allylic oxidation sites excluding steroid dienone is 2. The van der Waals surface area contributed by atoms with Crippen LogP contribution >= 0.6 is 11.6 Å². The molecule has 3 nitrogen and oxygen atoms in total. The van der Waals surface area contributed by atoms with E-state index < -0.39 is 17.5 Å². The molecule has 7 heteroatoms. The molecule has 23 heavy (non-hydrogen) atoms. The lowest BCUT2D eigenvalue weighted by molar-refractivity contribution is -0.120. The summed E-state index contributed by atoms with van der Waals surface area (Å²) in [6.45, 7) is 0.342. The molecule has 1 heterocycles. The molecule has 1 aromatic carbocycles. The Bertz CT molecular complexity index is 614. The van der Waals surface area contributed by atoms with Gasteiger partial charge in [-0.15, -0.1) is 0 Å². The van der Waals surface area contributed by atoms with Crippen LogP contribution in [0, 0.1) is 0 Å². The van der Waals surface area contributed by atoms with Gasteiger partial charge in [0.15, 0.2) is 0 Å². The van der Waals surface area contributed by atoms with Gasteiger partial charge in [0.25, 0.3) is 0 Å². The van der Waals surface area contributed by atoms with Gasteiger partial charge in [-0.05, 0) is 37.0 Å². The Hall–Kier alpha value is -1.24. The third-order valence-electron chi connectivity index (χ3n) is 4.33. The van der Waals surface area contributed by atoms with Crippen molar-refractivity contribution in [1.29, 1.82) is 0 Å². The van der Waals surface area contributed by atoms with E-state index in [1.54, 1.807) is 24.3 Å². The maximum absolute atomic E-state index is 13.4. The van der Waals surface area contributed by atoms with Crippen molar-refractivity contribution in [2.75, 3.05) is 13.1 Å². The van der Waals surface area contributed by atoms with Crippen LogP contribution in [0.2, 0.25) is 5.02 Å². The van der Waals surface area contributed by atoms with Gasteiger partial charge in [0.05, 0.1) is 5.60 Å². The number of nitrogens with one attached hydrogen (secondary N) is 1. The smallest absolute Gasteiger partial charge is 0.388 e. The zero-order chi connectivity index (χ0) is 16.7. The van der Waals surface area contributed by atoms with Crippen LogP contribution in [-0.4, -0.2) is 35.0 Å². The predicted octanol–water partition coefficient (Wildman–Crippen LogP) is 3.61. The van der Waals surface area contributed by atoms with Crippen LogP contribution in [0.3, 0.4) is 0 Å². The second-order valence-corrected chi connectivity index (χ2v) is 6.58. The Balaban J connectivity index is 1.82. The third-order valence-corrected chi connectivity index (χ3v) is 4.68. The number of aliphatic hydroxyl groups is 1. The molecule has 0 spiro atoms. The minimum atomic E-state index is -4.46. The SMILES string of the molecule is OC1(CNN2CCC(c3ccccc3Cl)C=C2C(F)(F)F)CC1. The summed E-state index contributed by atoms with van der Waals surface area (Å²) in [5.74, 6) is -0.373. The summed E-state index contributed by atoms with van der Waals surface area (Å²) in [5, 5.41) is 11.4. The summed E-state index contributed by atoms with van der Waals surface area (Å²) in [4.78, 5) is 0. The highest BCUT2D eigenvalue weighted by atomic mass is 35.5. The molecule has 0 bridgehead atoms. The lowest BCUT2D eigenvalue weighted by atomic mass is 9.92. The van der Waals surface area contributed by atoms with Crippen molar-refractivity contribution >= 4 is 11.6 Å². The maximum atomic E-state index is 13.4. The fourth-order valence-corrected chi connectivity index (χ4v) is 3.02. The molecule has 0 amide bonds. The van der Waals surface area contributed by atoms with E-state index in [0.29, 0.717) is 29.8 Å². The molecule has 1 aliphatic heterocycles. The van der Waals surface area contributed by atoms with E-state index in [9.17, 15) is 18.3 Å². The van der Waals surface area contributed by atoms with E-state index in [2.05, 4.69) is 5.43 Å². The molecule has 0 aromatic heterocycles. The van der Waals surface area contributed by atoms with Crippen LogP contribution in [0.15, 0.2) is 36.0 Å². The van der Waals surface area contributed by atoms with Crippen LogP contribution in [0.4, 0.5) is 13.2 Å². The molecule has 0 saturated heterocycles. The minimum absolute atomic E-state index is 0.136. The number of halogens is 4.